The summed E-state index contributed by atoms with van der Waals surface area (Å²) in [5.74, 6) is 0.726. The topological polar surface area (TPSA) is 69.9 Å². The Morgan fingerprint density at radius 1 is 1.50 bits per heavy atom. The molecule has 0 unspecified atom stereocenters. The third kappa shape index (κ3) is 2.64. The summed E-state index contributed by atoms with van der Waals surface area (Å²) in [5.41, 5.74) is 1.59. The minimum Gasteiger partial charge on any atom is -0.466 e. The lowest BCUT2D eigenvalue weighted by Gasteiger charge is -2.05. The van der Waals surface area contributed by atoms with Crippen molar-refractivity contribution in [2.45, 2.75) is 33.2 Å². The smallest absolute Gasteiger partial charge is 0.305 e. The number of imidazole rings is 1. The molecule has 0 spiro atoms. The maximum absolute atomic E-state index is 11.2. The largest absolute Gasteiger partial charge is 0.466 e. The highest BCUT2D eigenvalue weighted by molar-refractivity contribution is 5.70. The Hall–Kier alpha value is -1.98. The number of aromatic nitrogens is 4. The molecule has 0 atom stereocenters. The molecule has 6 heteroatoms. The molecule has 0 aliphatic rings. The molecule has 0 N–H and O–H groups in total. The number of rotatable bonds is 5. The molecule has 0 aliphatic carbocycles. The van der Waals surface area contributed by atoms with Gasteiger partial charge in [0.25, 0.3) is 0 Å². The van der Waals surface area contributed by atoms with Crippen molar-refractivity contribution in [3.8, 4) is 0 Å². The number of hydrogen-bond acceptors (Lipinski definition) is 5. The minimum atomic E-state index is -0.158. The van der Waals surface area contributed by atoms with Crippen molar-refractivity contribution < 1.29 is 9.53 Å². The second kappa shape index (κ2) is 5.57. The van der Waals surface area contributed by atoms with Gasteiger partial charge in [-0.3, -0.25) is 4.79 Å². The van der Waals surface area contributed by atoms with Crippen molar-refractivity contribution in [2.75, 3.05) is 6.61 Å². The molecule has 0 amide bonds. The van der Waals surface area contributed by atoms with E-state index in [9.17, 15) is 4.79 Å². The van der Waals surface area contributed by atoms with Crippen molar-refractivity contribution in [3.05, 3.63) is 18.3 Å². The summed E-state index contributed by atoms with van der Waals surface area (Å²) in [7, 11) is 0. The predicted octanol–water partition coefficient (Wildman–Crippen LogP) is 1.48. The van der Waals surface area contributed by atoms with Gasteiger partial charge in [0.2, 0.25) is 0 Å². The number of aryl methyl sites for hydroxylation is 2. The third-order valence-corrected chi connectivity index (χ3v) is 2.67. The highest BCUT2D eigenvalue weighted by Gasteiger charge is 2.09. The van der Waals surface area contributed by atoms with E-state index in [1.54, 1.807) is 6.20 Å². The van der Waals surface area contributed by atoms with Crippen LogP contribution < -0.4 is 0 Å². The first-order valence-corrected chi connectivity index (χ1v) is 6.01. The molecule has 0 radical (unpaired) electrons. The van der Waals surface area contributed by atoms with Gasteiger partial charge in [-0.1, -0.05) is 0 Å². The second-order valence-corrected chi connectivity index (χ2v) is 3.95. The van der Waals surface area contributed by atoms with E-state index >= 15 is 0 Å². The maximum Gasteiger partial charge on any atom is 0.305 e. The Morgan fingerprint density at radius 2 is 2.33 bits per heavy atom. The van der Waals surface area contributed by atoms with Crippen LogP contribution in [0.15, 0.2) is 12.5 Å². The van der Waals surface area contributed by atoms with Crippen molar-refractivity contribution in [1.29, 1.82) is 0 Å². The van der Waals surface area contributed by atoms with Crippen molar-refractivity contribution >= 4 is 17.1 Å². The first-order chi connectivity index (χ1) is 8.72. The summed E-state index contributed by atoms with van der Waals surface area (Å²) in [6.45, 7) is 4.87. The van der Waals surface area contributed by atoms with Crippen LogP contribution in [0.2, 0.25) is 0 Å². The molecule has 2 aromatic heterocycles. The van der Waals surface area contributed by atoms with Crippen LogP contribution in [0, 0.1) is 6.92 Å². The Labute approximate surface area is 105 Å². The van der Waals surface area contributed by atoms with E-state index in [0.717, 1.165) is 23.4 Å². The lowest BCUT2D eigenvalue weighted by molar-refractivity contribution is -0.143. The molecule has 0 aliphatic heterocycles. The summed E-state index contributed by atoms with van der Waals surface area (Å²) in [4.78, 5) is 23.8. The third-order valence-electron chi connectivity index (χ3n) is 2.67. The zero-order valence-corrected chi connectivity index (χ0v) is 10.6. The van der Waals surface area contributed by atoms with Gasteiger partial charge in [-0.25, -0.2) is 15.0 Å². The van der Waals surface area contributed by atoms with Crippen LogP contribution >= 0.6 is 0 Å². The Bertz CT molecular complexity index is 550. The highest BCUT2D eigenvalue weighted by Crippen LogP contribution is 2.12. The van der Waals surface area contributed by atoms with Crippen LogP contribution in [-0.2, 0) is 16.1 Å². The molecule has 96 valence electrons. The van der Waals surface area contributed by atoms with Gasteiger partial charge >= 0.3 is 5.97 Å². The number of esters is 1. The van der Waals surface area contributed by atoms with E-state index in [2.05, 4.69) is 15.0 Å². The first kappa shape index (κ1) is 12.5. The van der Waals surface area contributed by atoms with Gasteiger partial charge in [0.05, 0.1) is 12.8 Å². The number of carbonyl (C=O) groups is 1. The van der Waals surface area contributed by atoms with E-state index < -0.39 is 0 Å². The molecule has 0 aromatic carbocycles. The van der Waals surface area contributed by atoms with Crippen LogP contribution in [0.5, 0.6) is 0 Å². The van der Waals surface area contributed by atoms with Crippen molar-refractivity contribution in [1.82, 2.24) is 19.5 Å². The maximum atomic E-state index is 11.2. The van der Waals surface area contributed by atoms with Gasteiger partial charge in [-0.15, -0.1) is 0 Å². The monoisotopic (exact) mass is 248 g/mol. The van der Waals surface area contributed by atoms with E-state index in [4.69, 9.17) is 4.74 Å². The predicted molar refractivity (Wildman–Crippen MR) is 65.9 cm³/mol. The summed E-state index contributed by atoms with van der Waals surface area (Å²) in [6.07, 6.45) is 4.33. The summed E-state index contributed by atoms with van der Waals surface area (Å²) in [6, 6.07) is 0. The number of hydrogen-bond donors (Lipinski definition) is 0. The minimum absolute atomic E-state index is 0.158. The van der Waals surface area contributed by atoms with E-state index in [1.807, 2.05) is 18.4 Å². The summed E-state index contributed by atoms with van der Waals surface area (Å²) in [5, 5.41) is 0. The van der Waals surface area contributed by atoms with Gasteiger partial charge in [0.15, 0.2) is 5.65 Å². The van der Waals surface area contributed by atoms with Crippen molar-refractivity contribution in [2.24, 2.45) is 0 Å². The number of fused-ring (bicyclic) bond motifs is 1. The molecule has 0 bridgehead atoms. The van der Waals surface area contributed by atoms with E-state index in [-0.39, 0.29) is 5.97 Å². The van der Waals surface area contributed by atoms with Crippen LogP contribution in [0.1, 0.15) is 25.6 Å². The van der Waals surface area contributed by atoms with E-state index in [0.29, 0.717) is 19.6 Å². The average molecular weight is 248 g/mol. The molecular formula is C12H16N4O2. The second-order valence-electron chi connectivity index (χ2n) is 3.95. The lowest BCUT2D eigenvalue weighted by Crippen LogP contribution is -2.07. The fourth-order valence-corrected chi connectivity index (χ4v) is 1.87. The van der Waals surface area contributed by atoms with E-state index in [1.165, 1.54) is 6.33 Å². The van der Waals surface area contributed by atoms with Crippen molar-refractivity contribution in [3.63, 3.8) is 0 Å². The standard InChI is InChI=1S/C12H16N4O2/c1-3-18-11(17)5-4-6-16-9(2)15-10-7-13-8-14-12(10)16/h7-8H,3-6H2,1-2H3. The first-order valence-electron chi connectivity index (χ1n) is 6.01. The molecular weight excluding hydrogens is 232 g/mol. The molecule has 2 heterocycles. The highest BCUT2D eigenvalue weighted by atomic mass is 16.5. The zero-order valence-electron chi connectivity index (χ0n) is 10.6. The normalized spacial score (nSPS) is 10.8. The molecule has 0 fully saturated rings. The van der Waals surface area contributed by atoms with Crippen LogP contribution in [-0.4, -0.2) is 32.1 Å². The van der Waals surface area contributed by atoms with Gasteiger partial charge in [0.1, 0.15) is 17.7 Å². The quantitative estimate of drug-likeness (QED) is 0.749. The fraction of sp³-hybridized carbons (Fsp3) is 0.500. The molecule has 6 nitrogen and oxygen atoms in total. The molecule has 0 saturated heterocycles. The Morgan fingerprint density at radius 3 is 3.11 bits per heavy atom. The molecule has 0 saturated carbocycles. The number of nitrogens with zero attached hydrogens (tertiary/aromatic N) is 4. The molecule has 2 rings (SSSR count). The zero-order chi connectivity index (χ0) is 13.0. The van der Waals surface area contributed by atoms with Crippen LogP contribution in [0.3, 0.4) is 0 Å². The Balaban J connectivity index is 2.03. The molecule has 18 heavy (non-hydrogen) atoms. The fourth-order valence-electron chi connectivity index (χ4n) is 1.87. The lowest BCUT2D eigenvalue weighted by atomic mass is 10.3. The van der Waals surface area contributed by atoms with Crippen LogP contribution in [0.25, 0.3) is 11.2 Å². The SMILES string of the molecule is CCOC(=O)CCCn1c(C)nc2cncnc21. The molecule has 2 aromatic rings. The van der Waals surface area contributed by atoms with Crippen LogP contribution in [0.4, 0.5) is 0 Å². The number of ether oxygens (including phenoxy) is 1. The summed E-state index contributed by atoms with van der Waals surface area (Å²) < 4.78 is 6.89. The summed E-state index contributed by atoms with van der Waals surface area (Å²) >= 11 is 0. The van der Waals surface area contributed by atoms with Gasteiger partial charge in [-0.05, 0) is 20.3 Å². The van der Waals surface area contributed by atoms with Gasteiger partial charge < -0.3 is 9.30 Å². The Kier molecular flexibility index (Phi) is 3.86. The average Bonchev–Trinajstić information content (AvgIpc) is 2.66. The van der Waals surface area contributed by atoms with Gasteiger partial charge in [-0.2, -0.15) is 0 Å². The number of carbonyl (C=O) groups excluding carboxylic acids is 1. The van der Waals surface area contributed by atoms with Gasteiger partial charge in [0, 0.05) is 13.0 Å².